The first-order valence-electron chi connectivity index (χ1n) is 5.92. The highest BCUT2D eigenvalue weighted by Gasteiger charge is 2.05. The minimum absolute atomic E-state index is 1.04. The van der Waals surface area contributed by atoms with Crippen molar-refractivity contribution in [2.75, 3.05) is 5.75 Å². The second-order valence-electron chi connectivity index (χ2n) is 4.17. The van der Waals surface area contributed by atoms with Crippen molar-refractivity contribution >= 4 is 12.6 Å². The molecule has 0 aromatic carbocycles. The molecule has 0 heterocycles. The van der Waals surface area contributed by atoms with Gasteiger partial charge in [0.15, 0.2) is 0 Å². The van der Waals surface area contributed by atoms with Crippen molar-refractivity contribution in [2.24, 2.45) is 5.92 Å². The summed E-state index contributed by atoms with van der Waals surface area (Å²) in [6.07, 6.45) is 11.4. The molecule has 80 valence electrons. The lowest BCUT2D eigenvalue weighted by Gasteiger charge is -2.15. The van der Waals surface area contributed by atoms with Crippen LogP contribution in [0.3, 0.4) is 0 Å². The zero-order valence-corrected chi connectivity index (χ0v) is 10.3. The Kier molecular flexibility index (Phi) is 10.7. The van der Waals surface area contributed by atoms with Gasteiger partial charge in [-0.1, -0.05) is 58.8 Å². The van der Waals surface area contributed by atoms with E-state index in [2.05, 4.69) is 26.5 Å². The minimum atomic E-state index is 1.04. The van der Waals surface area contributed by atoms with Crippen LogP contribution < -0.4 is 0 Å². The van der Waals surface area contributed by atoms with Crippen LogP contribution in [0.15, 0.2) is 0 Å². The topological polar surface area (TPSA) is 0 Å². The van der Waals surface area contributed by atoms with Gasteiger partial charge in [0.1, 0.15) is 0 Å². The fourth-order valence-corrected chi connectivity index (χ4v) is 1.89. The first-order chi connectivity index (χ1) is 6.31. The van der Waals surface area contributed by atoms with Crippen LogP contribution in [0.25, 0.3) is 0 Å². The van der Waals surface area contributed by atoms with Crippen LogP contribution in [0, 0.1) is 5.92 Å². The van der Waals surface area contributed by atoms with Crippen molar-refractivity contribution in [1.82, 2.24) is 0 Å². The number of hydrogen-bond donors (Lipinski definition) is 1. The standard InChI is InChI=1S/C7H14.C5H12S/c1-7-5-3-2-4-6-7;1-2-3-4-5-6/h7H,2-6H2,1H3;6H,2-5H2,1H3. The summed E-state index contributed by atoms with van der Waals surface area (Å²) in [5.74, 6) is 2.09. The lowest BCUT2D eigenvalue weighted by Crippen LogP contribution is -1.99. The van der Waals surface area contributed by atoms with Crippen molar-refractivity contribution in [3.63, 3.8) is 0 Å². The summed E-state index contributed by atoms with van der Waals surface area (Å²) in [6.45, 7) is 4.56. The quantitative estimate of drug-likeness (QED) is 0.498. The molecule has 0 atom stereocenters. The van der Waals surface area contributed by atoms with Gasteiger partial charge in [-0.15, -0.1) is 0 Å². The molecule has 0 nitrogen and oxygen atoms in total. The van der Waals surface area contributed by atoms with Crippen LogP contribution >= 0.6 is 12.6 Å². The van der Waals surface area contributed by atoms with Gasteiger partial charge >= 0.3 is 0 Å². The third-order valence-corrected chi connectivity index (χ3v) is 2.97. The third kappa shape index (κ3) is 10.3. The maximum atomic E-state index is 4.05. The summed E-state index contributed by atoms with van der Waals surface area (Å²) in [5.41, 5.74) is 0. The van der Waals surface area contributed by atoms with E-state index in [4.69, 9.17) is 0 Å². The average molecular weight is 202 g/mol. The van der Waals surface area contributed by atoms with Crippen molar-refractivity contribution in [3.05, 3.63) is 0 Å². The van der Waals surface area contributed by atoms with Crippen molar-refractivity contribution in [1.29, 1.82) is 0 Å². The van der Waals surface area contributed by atoms with Gasteiger partial charge in [-0.3, -0.25) is 0 Å². The molecule has 1 rings (SSSR count). The molecule has 0 aromatic rings. The molecular formula is C12H26S. The number of hydrogen-bond acceptors (Lipinski definition) is 1. The molecular weight excluding hydrogens is 176 g/mol. The summed E-state index contributed by atoms with van der Waals surface area (Å²) in [5, 5.41) is 0. The van der Waals surface area contributed by atoms with E-state index < -0.39 is 0 Å². The zero-order chi connectivity index (χ0) is 9.94. The molecule has 0 spiro atoms. The Bertz CT molecular complexity index is 81.1. The van der Waals surface area contributed by atoms with Gasteiger partial charge in [0.2, 0.25) is 0 Å². The molecule has 1 heteroatoms. The van der Waals surface area contributed by atoms with Crippen molar-refractivity contribution in [3.8, 4) is 0 Å². The summed E-state index contributed by atoms with van der Waals surface area (Å²) in [7, 11) is 0. The molecule has 1 saturated carbocycles. The first kappa shape index (κ1) is 13.4. The van der Waals surface area contributed by atoms with Crippen LogP contribution in [-0.2, 0) is 0 Å². The molecule has 0 N–H and O–H groups in total. The molecule has 0 saturated heterocycles. The van der Waals surface area contributed by atoms with Gasteiger partial charge in [0.25, 0.3) is 0 Å². The molecule has 1 aliphatic rings. The summed E-state index contributed by atoms with van der Waals surface area (Å²) in [6, 6.07) is 0. The van der Waals surface area contributed by atoms with Gasteiger partial charge in [-0.25, -0.2) is 0 Å². The molecule has 1 aliphatic carbocycles. The monoisotopic (exact) mass is 202 g/mol. The van der Waals surface area contributed by atoms with Gasteiger partial charge in [0, 0.05) is 0 Å². The smallest absolute Gasteiger partial charge is 0.00979 e. The molecule has 13 heavy (non-hydrogen) atoms. The fraction of sp³-hybridized carbons (Fsp3) is 1.00. The van der Waals surface area contributed by atoms with Crippen LogP contribution in [0.5, 0.6) is 0 Å². The van der Waals surface area contributed by atoms with Crippen LogP contribution in [0.4, 0.5) is 0 Å². The number of unbranched alkanes of at least 4 members (excludes halogenated alkanes) is 2. The second kappa shape index (κ2) is 10.4. The molecule has 0 radical (unpaired) electrons. The van der Waals surface area contributed by atoms with Crippen LogP contribution in [-0.4, -0.2) is 5.75 Å². The Hall–Kier alpha value is 0.350. The highest BCUT2D eigenvalue weighted by atomic mass is 32.1. The average Bonchev–Trinajstić information content (AvgIpc) is 2.17. The van der Waals surface area contributed by atoms with E-state index in [-0.39, 0.29) is 0 Å². The highest BCUT2D eigenvalue weighted by Crippen LogP contribution is 2.22. The minimum Gasteiger partial charge on any atom is -0.179 e. The van der Waals surface area contributed by atoms with Gasteiger partial charge in [0.05, 0.1) is 0 Å². The molecule has 0 aromatic heterocycles. The normalized spacial score (nSPS) is 17.8. The molecule has 0 aliphatic heterocycles. The molecule has 0 bridgehead atoms. The Morgan fingerprint density at radius 2 is 1.69 bits per heavy atom. The Morgan fingerprint density at radius 3 is 1.92 bits per heavy atom. The maximum absolute atomic E-state index is 4.05. The third-order valence-electron chi connectivity index (χ3n) is 2.66. The van der Waals surface area contributed by atoms with E-state index in [1.54, 1.807) is 0 Å². The molecule has 1 fully saturated rings. The van der Waals surface area contributed by atoms with E-state index >= 15 is 0 Å². The van der Waals surface area contributed by atoms with Crippen molar-refractivity contribution < 1.29 is 0 Å². The van der Waals surface area contributed by atoms with E-state index in [1.165, 1.54) is 51.4 Å². The zero-order valence-electron chi connectivity index (χ0n) is 9.39. The molecule has 0 unspecified atom stereocenters. The summed E-state index contributed by atoms with van der Waals surface area (Å²) < 4.78 is 0. The Balaban J connectivity index is 0.000000226. The van der Waals surface area contributed by atoms with E-state index in [0.717, 1.165) is 11.7 Å². The second-order valence-corrected chi connectivity index (χ2v) is 4.62. The lowest BCUT2D eigenvalue weighted by atomic mass is 9.91. The summed E-state index contributed by atoms with van der Waals surface area (Å²) >= 11 is 4.05. The molecule has 0 amide bonds. The highest BCUT2D eigenvalue weighted by molar-refractivity contribution is 7.80. The Labute approximate surface area is 89.9 Å². The predicted octanol–water partition coefficient (Wildman–Crippen LogP) is 4.69. The lowest BCUT2D eigenvalue weighted by molar-refractivity contribution is 0.385. The van der Waals surface area contributed by atoms with E-state index in [1.807, 2.05) is 0 Å². The first-order valence-corrected chi connectivity index (χ1v) is 6.55. The fourth-order valence-electron chi connectivity index (χ4n) is 1.67. The van der Waals surface area contributed by atoms with Crippen LogP contribution in [0.2, 0.25) is 0 Å². The van der Waals surface area contributed by atoms with E-state index in [9.17, 15) is 0 Å². The Morgan fingerprint density at radius 1 is 1.08 bits per heavy atom. The van der Waals surface area contributed by atoms with Gasteiger partial charge in [-0.05, 0) is 18.1 Å². The SMILES string of the molecule is CC1CCCCC1.CCCCCS. The van der Waals surface area contributed by atoms with Gasteiger partial charge in [-0.2, -0.15) is 12.6 Å². The van der Waals surface area contributed by atoms with Gasteiger partial charge < -0.3 is 0 Å². The summed E-state index contributed by atoms with van der Waals surface area (Å²) in [4.78, 5) is 0. The number of thiol groups is 1. The number of rotatable bonds is 3. The van der Waals surface area contributed by atoms with Crippen molar-refractivity contribution in [2.45, 2.75) is 65.2 Å². The predicted molar refractivity (Wildman–Crippen MR) is 65.6 cm³/mol. The maximum Gasteiger partial charge on any atom is -0.00979 e. The largest absolute Gasteiger partial charge is 0.179 e. The van der Waals surface area contributed by atoms with Crippen LogP contribution in [0.1, 0.15) is 65.2 Å². The van der Waals surface area contributed by atoms with E-state index in [0.29, 0.717) is 0 Å².